The van der Waals surface area contributed by atoms with E-state index in [4.69, 9.17) is 0 Å². The molecule has 0 spiro atoms. The average molecular weight is 364 g/mol. The van der Waals surface area contributed by atoms with E-state index in [-0.39, 0.29) is 24.5 Å². The fraction of sp³-hybridized carbons (Fsp3) is 0.435. The summed E-state index contributed by atoms with van der Waals surface area (Å²) in [5.74, 6) is 0.433. The summed E-state index contributed by atoms with van der Waals surface area (Å²) < 4.78 is 0. The first kappa shape index (κ1) is 18.2. The molecule has 1 N–H and O–H groups in total. The Bertz CT molecular complexity index is 775. The van der Waals surface area contributed by atoms with Crippen molar-refractivity contribution >= 4 is 5.91 Å². The number of aliphatic hydroxyl groups is 1. The van der Waals surface area contributed by atoms with Crippen LogP contribution in [0.25, 0.3) is 11.1 Å². The van der Waals surface area contributed by atoms with E-state index in [1.165, 1.54) is 16.7 Å². The van der Waals surface area contributed by atoms with Crippen molar-refractivity contribution in [2.75, 3.05) is 26.2 Å². The monoisotopic (exact) mass is 364 g/mol. The predicted octanol–water partition coefficient (Wildman–Crippen LogP) is 3.12. The number of rotatable bonds is 3. The van der Waals surface area contributed by atoms with Gasteiger partial charge in [0.25, 0.3) is 0 Å². The summed E-state index contributed by atoms with van der Waals surface area (Å²) in [7, 11) is 0. The standard InChI is InChI=1S/C23H28N2O2/c1-17(27)24-13-5-6-14-25-21(15-24)23(22(25)16-26)20-11-9-19(10-12-20)18-7-3-2-4-8-18/h2-4,7-12,21-23,26H,5-6,13-16H2,1H3/t21-,22-,23+/m0/s1. The number of nitrogens with zero attached hydrogens (tertiary/aromatic N) is 2. The minimum atomic E-state index is 0.155. The summed E-state index contributed by atoms with van der Waals surface area (Å²) in [5, 5.41) is 10.0. The highest BCUT2D eigenvalue weighted by Crippen LogP contribution is 2.42. The van der Waals surface area contributed by atoms with Crippen molar-refractivity contribution in [2.45, 2.75) is 37.8 Å². The van der Waals surface area contributed by atoms with Crippen molar-refractivity contribution in [3.05, 3.63) is 60.2 Å². The second kappa shape index (κ2) is 7.83. The van der Waals surface area contributed by atoms with Crippen molar-refractivity contribution in [3.63, 3.8) is 0 Å². The molecule has 0 bridgehead atoms. The number of hydrogen-bond donors (Lipinski definition) is 1. The Labute approximate surface area is 161 Å². The molecule has 2 heterocycles. The molecule has 2 saturated heterocycles. The molecule has 2 aromatic carbocycles. The lowest BCUT2D eigenvalue weighted by molar-refractivity contribution is -0.134. The molecule has 0 aliphatic carbocycles. The van der Waals surface area contributed by atoms with E-state index >= 15 is 0 Å². The lowest BCUT2D eigenvalue weighted by Gasteiger charge is -2.57. The highest BCUT2D eigenvalue weighted by molar-refractivity contribution is 5.73. The molecule has 0 radical (unpaired) electrons. The number of benzene rings is 2. The van der Waals surface area contributed by atoms with Crippen LogP contribution < -0.4 is 0 Å². The maximum atomic E-state index is 12.0. The van der Waals surface area contributed by atoms with Crippen LogP contribution in [0.4, 0.5) is 0 Å². The molecule has 0 saturated carbocycles. The molecular formula is C23H28N2O2. The molecule has 0 unspecified atom stereocenters. The van der Waals surface area contributed by atoms with Gasteiger partial charge in [-0.05, 0) is 36.1 Å². The summed E-state index contributed by atoms with van der Waals surface area (Å²) in [4.78, 5) is 16.4. The largest absolute Gasteiger partial charge is 0.395 e. The van der Waals surface area contributed by atoms with Gasteiger partial charge in [-0.3, -0.25) is 9.69 Å². The van der Waals surface area contributed by atoms with E-state index < -0.39 is 0 Å². The molecule has 4 nitrogen and oxygen atoms in total. The van der Waals surface area contributed by atoms with Crippen LogP contribution in [0.2, 0.25) is 0 Å². The molecule has 4 rings (SSSR count). The topological polar surface area (TPSA) is 43.8 Å². The molecule has 0 aromatic heterocycles. The van der Waals surface area contributed by atoms with Crippen LogP contribution in [-0.4, -0.2) is 59.1 Å². The molecule has 1 amide bonds. The highest BCUT2D eigenvalue weighted by atomic mass is 16.3. The van der Waals surface area contributed by atoms with Crippen LogP contribution in [0.5, 0.6) is 0 Å². The maximum absolute atomic E-state index is 12.0. The number of aliphatic hydroxyl groups excluding tert-OH is 1. The van der Waals surface area contributed by atoms with Crippen LogP contribution in [0.3, 0.4) is 0 Å². The number of amides is 1. The minimum Gasteiger partial charge on any atom is -0.395 e. The van der Waals surface area contributed by atoms with Crippen LogP contribution in [0.1, 0.15) is 31.2 Å². The van der Waals surface area contributed by atoms with Crippen LogP contribution in [-0.2, 0) is 4.79 Å². The van der Waals surface area contributed by atoms with Crippen molar-refractivity contribution < 1.29 is 9.90 Å². The van der Waals surface area contributed by atoms with Gasteiger partial charge in [-0.1, -0.05) is 54.6 Å². The van der Waals surface area contributed by atoms with Crippen LogP contribution in [0.15, 0.2) is 54.6 Å². The molecule has 2 aromatic rings. The van der Waals surface area contributed by atoms with Crippen molar-refractivity contribution in [1.82, 2.24) is 9.80 Å². The summed E-state index contributed by atoms with van der Waals surface area (Å²) in [5.41, 5.74) is 3.69. The molecule has 27 heavy (non-hydrogen) atoms. The Morgan fingerprint density at radius 1 is 1.00 bits per heavy atom. The Morgan fingerprint density at radius 3 is 2.33 bits per heavy atom. The lowest BCUT2D eigenvalue weighted by Crippen LogP contribution is -2.67. The fourth-order valence-corrected chi connectivity index (χ4v) is 4.75. The number of carbonyl (C=O) groups is 1. The van der Waals surface area contributed by atoms with Crippen molar-refractivity contribution in [2.24, 2.45) is 0 Å². The third-order valence-corrected chi connectivity index (χ3v) is 6.22. The highest BCUT2D eigenvalue weighted by Gasteiger charge is 2.49. The van der Waals surface area contributed by atoms with Gasteiger partial charge in [-0.2, -0.15) is 0 Å². The van der Waals surface area contributed by atoms with Gasteiger partial charge in [0.1, 0.15) is 0 Å². The zero-order valence-electron chi connectivity index (χ0n) is 15.9. The SMILES string of the molecule is CC(=O)N1CCCCN2[C@@H](CO)[C@H](c3ccc(-c4ccccc4)cc3)[C@@H]2C1. The zero-order chi connectivity index (χ0) is 18.8. The van der Waals surface area contributed by atoms with Gasteiger partial charge in [-0.25, -0.2) is 0 Å². The molecule has 2 fully saturated rings. The lowest BCUT2D eigenvalue weighted by atomic mass is 9.74. The van der Waals surface area contributed by atoms with Crippen molar-refractivity contribution in [1.29, 1.82) is 0 Å². The Kier molecular flexibility index (Phi) is 5.28. The second-order valence-corrected chi connectivity index (χ2v) is 7.74. The molecule has 3 atom stereocenters. The summed E-state index contributed by atoms with van der Waals surface area (Å²) in [6.45, 7) is 4.46. The first-order chi connectivity index (χ1) is 13.2. The summed E-state index contributed by atoms with van der Waals surface area (Å²) in [6.07, 6.45) is 2.12. The van der Waals surface area contributed by atoms with Gasteiger partial charge in [0.05, 0.1) is 6.61 Å². The van der Waals surface area contributed by atoms with E-state index in [9.17, 15) is 9.90 Å². The third kappa shape index (κ3) is 3.52. The first-order valence-corrected chi connectivity index (χ1v) is 9.96. The predicted molar refractivity (Wildman–Crippen MR) is 107 cm³/mol. The second-order valence-electron chi connectivity index (χ2n) is 7.74. The minimum absolute atomic E-state index is 0.155. The molecule has 4 heteroatoms. The van der Waals surface area contributed by atoms with E-state index in [0.29, 0.717) is 6.04 Å². The maximum Gasteiger partial charge on any atom is 0.219 e. The van der Waals surface area contributed by atoms with Gasteiger partial charge in [0.15, 0.2) is 0 Å². The molecule has 142 valence electrons. The normalized spacial score (nSPS) is 25.9. The summed E-state index contributed by atoms with van der Waals surface area (Å²) in [6, 6.07) is 19.6. The van der Waals surface area contributed by atoms with Gasteiger partial charge in [-0.15, -0.1) is 0 Å². The number of hydrogen-bond acceptors (Lipinski definition) is 3. The third-order valence-electron chi connectivity index (χ3n) is 6.22. The smallest absolute Gasteiger partial charge is 0.219 e. The molecule has 2 aliphatic heterocycles. The summed E-state index contributed by atoms with van der Waals surface area (Å²) >= 11 is 0. The van der Waals surface area contributed by atoms with Gasteiger partial charge < -0.3 is 10.0 Å². The molecule has 2 aliphatic rings. The quantitative estimate of drug-likeness (QED) is 0.910. The Morgan fingerprint density at radius 2 is 1.67 bits per heavy atom. The number of carbonyl (C=O) groups excluding carboxylic acids is 1. The van der Waals surface area contributed by atoms with Crippen molar-refractivity contribution in [3.8, 4) is 11.1 Å². The Hall–Kier alpha value is -2.17. The van der Waals surface area contributed by atoms with E-state index in [0.717, 1.165) is 32.5 Å². The van der Waals surface area contributed by atoms with E-state index in [1.807, 2.05) is 11.0 Å². The van der Waals surface area contributed by atoms with E-state index in [2.05, 4.69) is 53.4 Å². The van der Waals surface area contributed by atoms with Gasteiger partial charge >= 0.3 is 0 Å². The average Bonchev–Trinajstić information content (AvgIpc) is 2.67. The number of fused-ring (bicyclic) bond motifs is 1. The van der Waals surface area contributed by atoms with Gasteiger partial charge in [0, 0.05) is 38.0 Å². The molecular weight excluding hydrogens is 336 g/mol. The Balaban J connectivity index is 1.58. The first-order valence-electron chi connectivity index (χ1n) is 9.96. The van der Waals surface area contributed by atoms with Crippen LogP contribution in [0, 0.1) is 0 Å². The zero-order valence-corrected chi connectivity index (χ0v) is 15.9. The fourth-order valence-electron chi connectivity index (χ4n) is 4.75. The van der Waals surface area contributed by atoms with Crippen LogP contribution >= 0.6 is 0 Å². The van der Waals surface area contributed by atoms with Gasteiger partial charge in [0.2, 0.25) is 5.91 Å². The van der Waals surface area contributed by atoms with E-state index in [1.54, 1.807) is 6.92 Å².